The molecule has 0 bridgehead atoms. The number of hydrogen-bond acceptors (Lipinski definition) is 3. The van der Waals surface area contributed by atoms with Crippen molar-refractivity contribution in [1.82, 2.24) is 24.9 Å². The molecule has 0 radical (unpaired) electrons. The summed E-state index contributed by atoms with van der Waals surface area (Å²) in [6.45, 7) is 3.45. The number of aryl methyl sites for hydroxylation is 3. The number of carbonyl (C=O) groups is 1. The van der Waals surface area contributed by atoms with Crippen LogP contribution >= 0.6 is 0 Å². The molecule has 2 aromatic rings. The fourth-order valence-electron chi connectivity index (χ4n) is 1.67. The van der Waals surface area contributed by atoms with Crippen LogP contribution in [0.3, 0.4) is 0 Å². The van der Waals surface area contributed by atoms with Gasteiger partial charge in [-0.2, -0.15) is 10.2 Å². The maximum atomic E-state index is 11.7. The first kappa shape index (κ1) is 12.3. The number of nitrogens with zero attached hydrogens (tertiary/aromatic N) is 4. The van der Waals surface area contributed by atoms with Crippen molar-refractivity contribution in [2.75, 3.05) is 6.54 Å². The molecule has 1 N–H and O–H groups in total. The maximum Gasteiger partial charge on any atom is 0.254 e. The zero-order chi connectivity index (χ0) is 13.0. The molecule has 0 atom stereocenters. The van der Waals surface area contributed by atoms with Crippen molar-refractivity contribution in [3.05, 3.63) is 35.9 Å². The maximum absolute atomic E-state index is 11.7. The van der Waals surface area contributed by atoms with Gasteiger partial charge in [-0.25, -0.2) is 0 Å². The molecule has 6 heteroatoms. The van der Waals surface area contributed by atoms with E-state index < -0.39 is 0 Å². The van der Waals surface area contributed by atoms with Crippen LogP contribution in [0.4, 0.5) is 0 Å². The lowest BCUT2D eigenvalue weighted by atomic mass is 10.3. The highest BCUT2D eigenvalue weighted by atomic mass is 16.1. The Balaban J connectivity index is 1.71. The van der Waals surface area contributed by atoms with Crippen molar-refractivity contribution >= 4 is 5.91 Å². The van der Waals surface area contributed by atoms with Gasteiger partial charge >= 0.3 is 0 Å². The van der Waals surface area contributed by atoms with E-state index in [0.717, 1.165) is 18.5 Å². The van der Waals surface area contributed by atoms with Gasteiger partial charge in [-0.1, -0.05) is 0 Å². The smallest absolute Gasteiger partial charge is 0.254 e. The quantitative estimate of drug-likeness (QED) is 0.793. The standard InChI is InChI=1S/C12H17N5O/c1-10-6-15-17(8-10)5-3-4-13-12(18)11-7-14-16(2)9-11/h6-9H,3-5H2,1-2H3,(H,13,18). The minimum atomic E-state index is -0.0836. The molecule has 18 heavy (non-hydrogen) atoms. The third-order valence-electron chi connectivity index (χ3n) is 2.58. The molecule has 0 aliphatic rings. The number of amides is 1. The average Bonchev–Trinajstić information content (AvgIpc) is 2.93. The molecule has 0 unspecified atom stereocenters. The topological polar surface area (TPSA) is 64.7 Å². The van der Waals surface area contributed by atoms with Gasteiger partial charge < -0.3 is 5.32 Å². The zero-order valence-corrected chi connectivity index (χ0v) is 10.6. The van der Waals surface area contributed by atoms with Crippen LogP contribution in [0.5, 0.6) is 0 Å². The highest BCUT2D eigenvalue weighted by molar-refractivity contribution is 5.93. The number of rotatable bonds is 5. The molecule has 2 rings (SSSR count). The Morgan fingerprint density at radius 2 is 2.17 bits per heavy atom. The minimum Gasteiger partial charge on any atom is -0.352 e. The van der Waals surface area contributed by atoms with E-state index in [2.05, 4.69) is 15.5 Å². The molecule has 0 fully saturated rings. The van der Waals surface area contributed by atoms with Gasteiger partial charge in [-0.3, -0.25) is 14.2 Å². The highest BCUT2D eigenvalue weighted by Gasteiger charge is 2.06. The molecular weight excluding hydrogens is 230 g/mol. The summed E-state index contributed by atoms with van der Waals surface area (Å²) in [5.74, 6) is -0.0836. The Labute approximate surface area is 106 Å². The monoisotopic (exact) mass is 247 g/mol. The van der Waals surface area contributed by atoms with E-state index in [1.807, 2.05) is 24.0 Å². The molecule has 2 heterocycles. The predicted molar refractivity (Wildman–Crippen MR) is 67.1 cm³/mol. The normalized spacial score (nSPS) is 10.6. The molecule has 0 aromatic carbocycles. The zero-order valence-electron chi connectivity index (χ0n) is 10.6. The largest absolute Gasteiger partial charge is 0.352 e. The summed E-state index contributed by atoms with van der Waals surface area (Å²) in [6.07, 6.45) is 7.93. The summed E-state index contributed by atoms with van der Waals surface area (Å²) in [7, 11) is 1.79. The van der Waals surface area contributed by atoms with Crippen molar-refractivity contribution < 1.29 is 4.79 Å². The van der Waals surface area contributed by atoms with Crippen LogP contribution in [-0.2, 0) is 13.6 Å². The number of hydrogen-bond donors (Lipinski definition) is 1. The van der Waals surface area contributed by atoms with Crippen LogP contribution in [0.25, 0.3) is 0 Å². The van der Waals surface area contributed by atoms with Crippen LogP contribution in [0.15, 0.2) is 24.8 Å². The van der Waals surface area contributed by atoms with E-state index in [1.54, 1.807) is 24.1 Å². The third-order valence-corrected chi connectivity index (χ3v) is 2.58. The van der Waals surface area contributed by atoms with Crippen LogP contribution in [0.2, 0.25) is 0 Å². The van der Waals surface area contributed by atoms with Gasteiger partial charge in [0.15, 0.2) is 0 Å². The van der Waals surface area contributed by atoms with Gasteiger partial charge in [0.1, 0.15) is 0 Å². The Bertz CT molecular complexity index is 528. The summed E-state index contributed by atoms with van der Waals surface area (Å²) < 4.78 is 3.49. The van der Waals surface area contributed by atoms with E-state index in [1.165, 1.54) is 0 Å². The van der Waals surface area contributed by atoms with E-state index in [-0.39, 0.29) is 5.91 Å². The van der Waals surface area contributed by atoms with Crippen LogP contribution in [0.1, 0.15) is 22.3 Å². The molecule has 6 nitrogen and oxygen atoms in total. The SMILES string of the molecule is Cc1cnn(CCCNC(=O)c2cnn(C)c2)c1. The Hall–Kier alpha value is -2.11. The first-order valence-corrected chi connectivity index (χ1v) is 5.91. The van der Waals surface area contributed by atoms with Crippen molar-refractivity contribution in [2.24, 2.45) is 7.05 Å². The summed E-state index contributed by atoms with van der Waals surface area (Å²) in [6, 6.07) is 0. The summed E-state index contributed by atoms with van der Waals surface area (Å²) >= 11 is 0. The van der Waals surface area contributed by atoms with E-state index in [0.29, 0.717) is 12.1 Å². The number of aromatic nitrogens is 4. The summed E-state index contributed by atoms with van der Waals surface area (Å²) in [5.41, 5.74) is 1.74. The highest BCUT2D eigenvalue weighted by Crippen LogP contribution is 1.97. The van der Waals surface area contributed by atoms with Gasteiger partial charge in [0.2, 0.25) is 0 Å². The van der Waals surface area contributed by atoms with Crippen molar-refractivity contribution in [2.45, 2.75) is 19.9 Å². The molecule has 0 saturated heterocycles. The summed E-state index contributed by atoms with van der Waals surface area (Å²) in [4.78, 5) is 11.7. The van der Waals surface area contributed by atoms with Gasteiger partial charge in [0, 0.05) is 32.5 Å². The van der Waals surface area contributed by atoms with E-state index >= 15 is 0 Å². The molecule has 1 amide bonds. The molecule has 0 aliphatic heterocycles. The van der Waals surface area contributed by atoms with Crippen molar-refractivity contribution in [3.8, 4) is 0 Å². The van der Waals surface area contributed by atoms with Crippen LogP contribution in [-0.4, -0.2) is 32.0 Å². The lowest BCUT2D eigenvalue weighted by molar-refractivity contribution is 0.0952. The predicted octanol–water partition coefficient (Wildman–Crippen LogP) is 0.745. The van der Waals surface area contributed by atoms with Gasteiger partial charge in [0.25, 0.3) is 5.91 Å². The van der Waals surface area contributed by atoms with Gasteiger partial charge in [0.05, 0.1) is 18.0 Å². The fourth-order valence-corrected chi connectivity index (χ4v) is 1.67. The number of nitrogens with one attached hydrogen (secondary N) is 1. The molecule has 2 aromatic heterocycles. The second-order valence-electron chi connectivity index (χ2n) is 4.29. The van der Waals surface area contributed by atoms with Crippen molar-refractivity contribution in [3.63, 3.8) is 0 Å². The average molecular weight is 247 g/mol. The van der Waals surface area contributed by atoms with Gasteiger partial charge in [-0.15, -0.1) is 0 Å². The first-order valence-electron chi connectivity index (χ1n) is 5.91. The Morgan fingerprint density at radius 3 is 2.78 bits per heavy atom. The molecule has 0 saturated carbocycles. The third kappa shape index (κ3) is 3.19. The van der Waals surface area contributed by atoms with Crippen LogP contribution in [0, 0.1) is 6.92 Å². The Kier molecular flexibility index (Phi) is 3.76. The minimum absolute atomic E-state index is 0.0836. The lowest BCUT2D eigenvalue weighted by Crippen LogP contribution is -2.25. The number of carbonyl (C=O) groups excluding carboxylic acids is 1. The molecule has 0 spiro atoms. The van der Waals surface area contributed by atoms with E-state index in [9.17, 15) is 4.79 Å². The second-order valence-corrected chi connectivity index (χ2v) is 4.29. The second kappa shape index (κ2) is 5.48. The summed E-state index contributed by atoms with van der Waals surface area (Å²) in [5, 5.41) is 11.0. The van der Waals surface area contributed by atoms with Crippen LogP contribution < -0.4 is 5.32 Å². The molecule has 96 valence electrons. The fraction of sp³-hybridized carbons (Fsp3) is 0.417. The molecule has 0 aliphatic carbocycles. The van der Waals surface area contributed by atoms with Crippen molar-refractivity contribution in [1.29, 1.82) is 0 Å². The Morgan fingerprint density at radius 1 is 1.33 bits per heavy atom. The van der Waals surface area contributed by atoms with E-state index in [4.69, 9.17) is 0 Å². The lowest BCUT2D eigenvalue weighted by Gasteiger charge is -2.03. The molecular formula is C12H17N5O. The van der Waals surface area contributed by atoms with Gasteiger partial charge in [-0.05, 0) is 18.9 Å². The first-order chi connectivity index (χ1) is 8.65.